The number of H-pyrrole nitrogens is 2. The number of hydrogen-bond acceptors (Lipinski definition) is 3. The van der Waals surface area contributed by atoms with Gasteiger partial charge in [0, 0.05) is 17.6 Å². The molecule has 0 aliphatic rings. The van der Waals surface area contributed by atoms with Gasteiger partial charge in [-0.1, -0.05) is 12.1 Å². The molecular weight excluding hydrogens is 373 g/mol. The Morgan fingerprint density at radius 3 is 2.45 bits per heavy atom. The van der Waals surface area contributed by atoms with Crippen LogP contribution in [0, 0.1) is 12.7 Å². The van der Waals surface area contributed by atoms with Crippen LogP contribution in [0.15, 0.2) is 58.1 Å². The van der Waals surface area contributed by atoms with Crippen molar-refractivity contribution in [2.24, 2.45) is 0 Å². The van der Waals surface area contributed by atoms with Crippen LogP contribution in [0.4, 0.5) is 4.39 Å². The number of benzene rings is 2. The van der Waals surface area contributed by atoms with Crippen LogP contribution in [0.3, 0.4) is 0 Å². The molecule has 0 atom stereocenters. The monoisotopic (exact) mass is 391 g/mol. The van der Waals surface area contributed by atoms with E-state index >= 15 is 0 Å². The number of aromatic amines is 2. The van der Waals surface area contributed by atoms with E-state index in [-0.39, 0.29) is 17.7 Å². The van der Waals surface area contributed by atoms with E-state index in [1.807, 2.05) is 25.1 Å². The molecule has 6 nitrogen and oxygen atoms in total. The highest BCUT2D eigenvalue weighted by atomic mass is 19.1. The van der Waals surface area contributed by atoms with Gasteiger partial charge in [-0.3, -0.25) is 14.4 Å². The van der Waals surface area contributed by atoms with Crippen molar-refractivity contribution in [3.05, 3.63) is 91.7 Å². The number of aryl methyl sites for hydroxylation is 1. The number of pyridine rings is 2. The minimum atomic E-state index is -0.598. The number of hydrogen-bond donors (Lipinski definition) is 3. The number of amides is 1. The Morgan fingerprint density at radius 1 is 0.931 bits per heavy atom. The van der Waals surface area contributed by atoms with Gasteiger partial charge in [-0.05, 0) is 66.1 Å². The lowest BCUT2D eigenvalue weighted by molar-refractivity contribution is 0.0953. The average molecular weight is 391 g/mol. The Kier molecular flexibility index (Phi) is 4.72. The predicted molar refractivity (Wildman–Crippen MR) is 110 cm³/mol. The number of carbonyl (C=O) groups excluding carboxylic acids is 1. The molecule has 2 aromatic heterocycles. The first-order valence-electron chi connectivity index (χ1n) is 9.14. The zero-order valence-corrected chi connectivity index (χ0v) is 15.6. The van der Waals surface area contributed by atoms with Crippen LogP contribution >= 0.6 is 0 Å². The zero-order valence-electron chi connectivity index (χ0n) is 15.6. The molecule has 0 saturated carbocycles. The highest BCUT2D eigenvalue weighted by Crippen LogP contribution is 2.14. The largest absolute Gasteiger partial charge is 0.352 e. The van der Waals surface area contributed by atoms with Gasteiger partial charge in [0.25, 0.3) is 17.0 Å². The lowest BCUT2D eigenvalue weighted by atomic mass is 10.1. The fourth-order valence-corrected chi connectivity index (χ4v) is 3.29. The first-order valence-corrected chi connectivity index (χ1v) is 9.14. The van der Waals surface area contributed by atoms with Crippen molar-refractivity contribution < 1.29 is 9.18 Å². The molecule has 4 aromatic rings. The van der Waals surface area contributed by atoms with E-state index in [0.717, 1.165) is 16.5 Å². The Bertz CT molecular complexity index is 1370. The Hall–Kier alpha value is -3.74. The predicted octanol–water partition coefficient (Wildman–Crippen LogP) is 2.79. The molecule has 146 valence electrons. The summed E-state index contributed by atoms with van der Waals surface area (Å²) >= 11 is 0. The second kappa shape index (κ2) is 7.35. The summed E-state index contributed by atoms with van der Waals surface area (Å²) < 4.78 is 13.3. The minimum absolute atomic E-state index is 0.0630. The molecule has 0 spiro atoms. The SMILES string of the molecule is Cc1ccc2cc(CCNC(=O)c3cc4ccc(F)cc4[nH]c3=O)c(=O)[nH]c2c1. The summed E-state index contributed by atoms with van der Waals surface area (Å²) in [7, 11) is 0. The van der Waals surface area contributed by atoms with E-state index in [1.54, 1.807) is 6.07 Å². The maximum atomic E-state index is 13.3. The van der Waals surface area contributed by atoms with E-state index in [0.29, 0.717) is 22.9 Å². The summed E-state index contributed by atoms with van der Waals surface area (Å²) in [6, 6.07) is 13.0. The van der Waals surface area contributed by atoms with Crippen molar-refractivity contribution in [3.63, 3.8) is 0 Å². The summed E-state index contributed by atoms with van der Waals surface area (Å²) in [6.45, 7) is 2.15. The Morgan fingerprint density at radius 2 is 1.62 bits per heavy atom. The van der Waals surface area contributed by atoms with Crippen LogP contribution in [-0.4, -0.2) is 22.4 Å². The quantitative estimate of drug-likeness (QED) is 0.499. The highest BCUT2D eigenvalue weighted by Gasteiger charge is 2.12. The van der Waals surface area contributed by atoms with Crippen LogP contribution in [0.5, 0.6) is 0 Å². The molecule has 0 radical (unpaired) electrons. The third-order valence-corrected chi connectivity index (χ3v) is 4.81. The van der Waals surface area contributed by atoms with E-state index in [1.165, 1.54) is 24.3 Å². The molecule has 0 aliphatic heterocycles. The summed E-state index contributed by atoms with van der Waals surface area (Å²) in [5.41, 5.74) is 1.82. The van der Waals surface area contributed by atoms with E-state index in [2.05, 4.69) is 15.3 Å². The van der Waals surface area contributed by atoms with Gasteiger partial charge in [0.1, 0.15) is 11.4 Å². The van der Waals surface area contributed by atoms with Crippen LogP contribution in [0.2, 0.25) is 0 Å². The number of rotatable bonds is 4. The molecule has 0 unspecified atom stereocenters. The Balaban J connectivity index is 1.50. The van der Waals surface area contributed by atoms with Crippen LogP contribution in [-0.2, 0) is 6.42 Å². The van der Waals surface area contributed by atoms with Crippen molar-refractivity contribution in [2.75, 3.05) is 6.54 Å². The van der Waals surface area contributed by atoms with Gasteiger partial charge < -0.3 is 15.3 Å². The molecule has 0 fully saturated rings. The van der Waals surface area contributed by atoms with Crippen molar-refractivity contribution in [1.29, 1.82) is 0 Å². The normalized spacial score (nSPS) is 11.1. The van der Waals surface area contributed by atoms with Gasteiger partial charge in [-0.25, -0.2) is 4.39 Å². The highest BCUT2D eigenvalue weighted by molar-refractivity contribution is 5.97. The van der Waals surface area contributed by atoms with Gasteiger partial charge in [0.15, 0.2) is 0 Å². The molecule has 2 aromatic carbocycles. The van der Waals surface area contributed by atoms with Crippen LogP contribution < -0.4 is 16.4 Å². The summed E-state index contributed by atoms with van der Waals surface area (Å²) in [5.74, 6) is -1.02. The number of aromatic nitrogens is 2. The third-order valence-electron chi connectivity index (χ3n) is 4.81. The first-order chi connectivity index (χ1) is 13.9. The summed E-state index contributed by atoms with van der Waals surface area (Å²) in [5, 5.41) is 4.13. The lowest BCUT2D eigenvalue weighted by Crippen LogP contribution is -2.31. The topological polar surface area (TPSA) is 94.8 Å². The molecular formula is C22H18FN3O3. The molecule has 29 heavy (non-hydrogen) atoms. The number of halogens is 1. The van der Waals surface area contributed by atoms with Gasteiger partial charge in [0.05, 0.1) is 5.52 Å². The molecule has 2 heterocycles. The van der Waals surface area contributed by atoms with Crippen LogP contribution in [0.1, 0.15) is 21.5 Å². The number of nitrogens with one attached hydrogen (secondary N) is 3. The molecule has 7 heteroatoms. The minimum Gasteiger partial charge on any atom is -0.352 e. The molecule has 0 aliphatic carbocycles. The maximum Gasteiger partial charge on any atom is 0.261 e. The average Bonchev–Trinajstić information content (AvgIpc) is 2.67. The molecule has 1 amide bonds. The molecule has 0 saturated heterocycles. The zero-order chi connectivity index (χ0) is 20.5. The fraction of sp³-hybridized carbons (Fsp3) is 0.136. The Labute approximate surface area is 164 Å². The fourth-order valence-electron chi connectivity index (χ4n) is 3.29. The molecule has 4 rings (SSSR count). The van der Waals surface area contributed by atoms with E-state index in [9.17, 15) is 18.8 Å². The molecule has 3 N–H and O–H groups in total. The van der Waals surface area contributed by atoms with Crippen molar-refractivity contribution in [1.82, 2.24) is 15.3 Å². The van der Waals surface area contributed by atoms with Gasteiger partial charge in [0.2, 0.25) is 0 Å². The first kappa shape index (κ1) is 18.6. The second-order valence-corrected chi connectivity index (χ2v) is 6.96. The standard InChI is InChI=1S/C22H18FN3O3/c1-12-2-3-13-9-15(20(27)25-18(13)8-12)6-7-24-21(28)17-10-14-4-5-16(23)11-19(14)26-22(17)29/h2-5,8-11H,6-7H2,1H3,(H,24,28)(H,25,27)(H,26,29). The lowest BCUT2D eigenvalue weighted by Gasteiger charge is -2.07. The molecule has 0 bridgehead atoms. The number of fused-ring (bicyclic) bond motifs is 2. The van der Waals surface area contributed by atoms with Gasteiger partial charge in [-0.2, -0.15) is 0 Å². The van der Waals surface area contributed by atoms with E-state index < -0.39 is 17.3 Å². The van der Waals surface area contributed by atoms with Crippen LogP contribution in [0.25, 0.3) is 21.8 Å². The summed E-state index contributed by atoms with van der Waals surface area (Å²) in [6.07, 6.45) is 0.321. The van der Waals surface area contributed by atoms with Gasteiger partial charge in [-0.15, -0.1) is 0 Å². The smallest absolute Gasteiger partial charge is 0.261 e. The maximum absolute atomic E-state index is 13.3. The number of carbonyl (C=O) groups is 1. The summed E-state index contributed by atoms with van der Waals surface area (Å²) in [4.78, 5) is 42.2. The van der Waals surface area contributed by atoms with Crippen molar-refractivity contribution in [2.45, 2.75) is 13.3 Å². The van der Waals surface area contributed by atoms with Crippen molar-refractivity contribution in [3.8, 4) is 0 Å². The van der Waals surface area contributed by atoms with E-state index in [4.69, 9.17) is 0 Å². The van der Waals surface area contributed by atoms with Crippen molar-refractivity contribution >= 4 is 27.7 Å². The third kappa shape index (κ3) is 3.80. The van der Waals surface area contributed by atoms with Gasteiger partial charge >= 0.3 is 0 Å². The second-order valence-electron chi connectivity index (χ2n) is 6.96.